The van der Waals surface area contributed by atoms with E-state index >= 15 is 0 Å². The molecule has 0 aliphatic carbocycles. The number of nitrogens with one attached hydrogen (secondary N) is 1. The first-order chi connectivity index (χ1) is 9.20. The van der Waals surface area contributed by atoms with Gasteiger partial charge < -0.3 is 10.4 Å². The number of aromatic nitrogens is 1. The SMILES string of the molecule is CCSCCC(C)Nc1nccc2ccc(O)cc12. The largest absolute Gasteiger partial charge is 0.508 e. The van der Waals surface area contributed by atoms with E-state index in [0.29, 0.717) is 6.04 Å². The van der Waals surface area contributed by atoms with E-state index < -0.39 is 0 Å². The molecule has 1 aromatic heterocycles. The first kappa shape index (κ1) is 14.0. The number of hydrogen-bond acceptors (Lipinski definition) is 4. The molecule has 102 valence electrons. The molecule has 2 aromatic rings. The molecule has 1 heterocycles. The van der Waals surface area contributed by atoms with Gasteiger partial charge in [0.15, 0.2) is 0 Å². The monoisotopic (exact) mass is 276 g/mol. The van der Waals surface area contributed by atoms with Crippen LogP contribution in [0.15, 0.2) is 30.5 Å². The second-order valence-corrected chi connectivity index (χ2v) is 5.99. The third-order valence-electron chi connectivity index (χ3n) is 3.03. The number of pyridine rings is 1. The van der Waals surface area contributed by atoms with Gasteiger partial charge in [0.1, 0.15) is 11.6 Å². The highest BCUT2D eigenvalue weighted by molar-refractivity contribution is 7.99. The van der Waals surface area contributed by atoms with Crippen LogP contribution in [0, 0.1) is 0 Å². The third kappa shape index (κ3) is 3.77. The zero-order valence-corrected chi connectivity index (χ0v) is 12.2. The van der Waals surface area contributed by atoms with Crippen LogP contribution in [0.2, 0.25) is 0 Å². The Bertz CT molecular complexity index is 545. The molecule has 1 aromatic carbocycles. The summed E-state index contributed by atoms with van der Waals surface area (Å²) in [4.78, 5) is 4.39. The summed E-state index contributed by atoms with van der Waals surface area (Å²) in [6.07, 6.45) is 2.91. The number of anilines is 1. The van der Waals surface area contributed by atoms with Crippen LogP contribution in [-0.2, 0) is 0 Å². The number of phenols is 1. The smallest absolute Gasteiger partial charge is 0.134 e. The Morgan fingerprint density at radius 1 is 1.37 bits per heavy atom. The van der Waals surface area contributed by atoms with Crippen LogP contribution >= 0.6 is 11.8 Å². The molecule has 1 atom stereocenters. The average molecular weight is 276 g/mol. The maximum Gasteiger partial charge on any atom is 0.134 e. The third-order valence-corrected chi connectivity index (χ3v) is 3.96. The van der Waals surface area contributed by atoms with Crippen LogP contribution in [0.25, 0.3) is 10.8 Å². The summed E-state index contributed by atoms with van der Waals surface area (Å²) in [5.41, 5.74) is 0. The van der Waals surface area contributed by atoms with Crippen LogP contribution < -0.4 is 5.32 Å². The maximum absolute atomic E-state index is 9.60. The van der Waals surface area contributed by atoms with Crippen LogP contribution in [0.5, 0.6) is 5.75 Å². The molecule has 0 aliphatic heterocycles. The molecule has 2 rings (SSSR count). The van der Waals surface area contributed by atoms with E-state index in [2.05, 4.69) is 24.1 Å². The summed E-state index contributed by atoms with van der Waals surface area (Å²) >= 11 is 1.95. The Balaban J connectivity index is 2.13. The highest BCUT2D eigenvalue weighted by Crippen LogP contribution is 2.25. The molecule has 0 saturated carbocycles. The number of fused-ring (bicyclic) bond motifs is 1. The van der Waals surface area contributed by atoms with E-state index in [4.69, 9.17) is 0 Å². The van der Waals surface area contributed by atoms with Gasteiger partial charge in [0, 0.05) is 17.6 Å². The summed E-state index contributed by atoms with van der Waals surface area (Å²) in [6, 6.07) is 7.71. The Kier molecular flexibility index (Phi) is 4.91. The maximum atomic E-state index is 9.60. The van der Waals surface area contributed by atoms with Gasteiger partial charge in [-0.2, -0.15) is 11.8 Å². The summed E-state index contributed by atoms with van der Waals surface area (Å²) in [7, 11) is 0. The van der Waals surface area contributed by atoms with Gasteiger partial charge in [-0.3, -0.25) is 0 Å². The molecule has 0 spiro atoms. The van der Waals surface area contributed by atoms with E-state index in [1.54, 1.807) is 18.3 Å². The number of aromatic hydroxyl groups is 1. The van der Waals surface area contributed by atoms with Gasteiger partial charge in [0.2, 0.25) is 0 Å². The first-order valence-corrected chi connectivity index (χ1v) is 7.78. The van der Waals surface area contributed by atoms with Gasteiger partial charge in [-0.25, -0.2) is 4.98 Å². The molecule has 1 unspecified atom stereocenters. The van der Waals surface area contributed by atoms with Crippen LogP contribution in [0.1, 0.15) is 20.3 Å². The molecule has 0 bridgehead atoms. The van der Waals surface area contributed by atoms with Crippen LogP contribution in [0.3, 0.4) is 0 Å². The van der Waals surface area contributed by atoms with E-state index in [1.165, 1.54) is 0 Å². The molecule has 0 amide bonds. The Labute approximate surface area is 118 Å². The average Bonchev–Trinajstić information content (AvgIpc) is 2.40. The number of phenolic OH excluding ortho intramolecular Hbond substituents is 1. The Hall–Kier alpha value is -1.42. The molecule has 0 radical (unpaired) electrons. The van der Waals surface area contributed by atoms with Crippen molar-refractivity contribution in [2.75, 3.05) is 16.8 Å². The van der Waals surface area contributed by atoms with E-state index in [0.717, 1.165) is 34.5 Å². The minimum Gasteiger partial charge on any atom is -0.508 e. The van der Waals surface area contributed by atoms with E-state index in [-0.39, 0.29) is 5.75 Å². The van der Waals surface area contributed by atoms with Gasteiger partial charge in [-0.1, -0.05) is 13.0 Å². The van der Waals surface area contributed by atoms with Gasteiger partial charge in [0.05, 0.1) is 0 Å². The Morgan fingerprint density at radius 3 is 3.00 bits per heavy atom. The van der Waals surface area contributed by atoms with Crippen molar-refractivity contribution in [3.8, 4) is 5.75 Å². The van der Waals surface area contributed by atoms with Crippen molar-refractivity contribution < 1.29 is 5.11 Å². The zero-order valence-electron chi connectivity index (χ0n) is 11.4. The standard InChI is InChI=1S/C15H20N2OS/c1-3-19-9-7-11(2)17-15-14-10-13(18)5-4-12(14)6-8-16-15/h4-6,8,10-11,18H,3,7,9H2,1-2H3,(H,16,17). The van der Waals surface area contributed by atoms with Crippen molar-refractivity contribution in [2.45, 2.75) is 26.3 Å². The number of rotatable bonds is 6. The van der Waals surface area contributed by atoms with Gasteiger partial charge in [0.25, 0.3) is 0 Å². The molecule has 19 heavy (non-hydrogen) atoms. The van der Waals surface area contributed by atoms with Crippen molar-refractivity contribution in [1.29, 1.82) is 0 Å². The predicted molar refractivity (Wildman–Crippen MR) is 84.1 cm³/mol. The molecule has 0 fully saturated rings. The van der Waals surface area contributed by atoms with Gasteiger partial charge in [-0.15, -0.1) is 0 Å². The summed E-state index contributed by atoms with van der Waals surface area (Å²) < 4.78 is 0. The highest BCUT2D eigenvalue weighted by Gasteiger charge is 2.07. The normalized spacial score (nSPS) is 12.5. The van der Waals surface area contributed by atoms with E-state index in [9.17, 15) is 5.11 Å². The fourth-order valence-corrected chi connectivity index (χ4v) is 2.79. The lowest BCUT2D eigenvalue weighted by Crippen LogP contribution is -2.17. The second-order valence-electron chi connectivity index (χ2n) is 4.60. The molecule has 4 heteroatoms. The quantitative estimate of drug-likeness (QED) is 0.786. The van der Waals surface area contributed by atoms with E-state index in [1.807, 2.05) is 23.9 Å². The van der Waals surface area contributed by atoms with Gasteiger partial charge in [-0.05, 0) is 48.4 Å². The van der Waals surface area contributed by atoms with Gasteiger partial charge >= 0.3 is 0 Å². The number of nitrogens with zero attached hydrogens (tertiary/aromatic N) is 1. The van der Waals surface area contributed by atoms with Crippen molar-refractivity contribution >= 4 is 28.4 Å². The number of hydrogen-bond donors (Lipinski definition) is 2. The molecular formula is C15H20N2OS. The summed E-state index contributed by atoms with van der Waals surface area (Å²) in [5.74, 6) is 3.44. The lowest BCUT2D eigenvalue weighted by atomic mass is 10.1. The minimum atomic E-state index is 0.276. The zero-order chi connectivity index (χ0) is 13.7. The van der Waals surface area contributed by atoms with Crippen molar-refractivity contribution in [3.63, 3.8) is 0 Å². The fourth-order valence-electron chi connectivity index (χ4n) is 1.98. The van der Waals surface area contributed by atoms with Crippen LogP contribution in [0.4, 0.5) is 5.82 Å². The molecule has 0 saturated heterocycles. The summed E-state index contributed by atoms with van der Waals surface area (Å²) in [6.45, 7) is 4.34. The summed E-state index contributed by atoms with van der Waals surface area (Å²) in [5, 5.41) is 15.1. The fraction of sp³-hybridized carbons (Fsp3) is 0.400. The molecular weight excluding hydrogens is 256 g/mol. The highest BCUT2D eigenvalue weighted by atomic mass is 32.2. The topological polar surface area (TPSA) is 45.2 Å². The Morgan fingerprint density at radius 2 is 2.21 bits per heavy atom. The second kappa shape index (κ2) is 6.66. The van der Waals surface area contributed by atoms with Crippen LogP contribution in [-0.4, -0.2) is 27.6 Å². The number of thioether (sulfide) groups is 1. The van der Waals surface area contributed by atoms with Crippen molar-refractivity contribution in [1.82, 2.24) is 4.98 Å². The lowest BCUT2D eigenvalue weighted by molar-refractivity contribution is 0.476. The number of benzene rings is 1. The molecule has 2 N–H and O–H groups in total. The molecule has 3 nitrogen and oxygen atoms in total. The lowest BCUT2D eigenvalue weighted by Gasteiger charge is -2.15. The van der Waals surface area contributed by atoms with Crippen molar-refractivity contribution in [2.24, 2.45) is 0 Å². The van der Waals surface area contributed by atoms with Crippen molar-refractivity contribution in [3.05, 3.63) is 30.5 Å². The minimum absolute atomic E-state index is 0.276. The predicted octanol–water partition coefficient (Wildman–Crippen LogP) is 3.88. The first-order valence-electron chi connectivity index (χ1n) is 6.62. The molecule has 0 aliphatic rings.